The molecule has 0 spiro atoms. The number of benzene rings is 2. The molecule has 0 saturated carbocycles. The van der Waals surface area contributed by atoms with Crippen LogP contribution in [0.25, 0.3) is 11.4 Å². The highest BCUT2D eigenvalue weighted by Crippen LogP contribution is 2.25. The quantitative estimate of drug-likeness (QED) is 0.710. The highest BCUT2D eigenvalue weighted by molar-refractivity contribution is 9.10. The minimum Gasteiger partial charge on any atom is -0.399 e. The lowest BCUT2D eigenvalue weighted by Crippen LogP contribution is -2.05. The molecule has 3 aromatic rings. The molecule has 0 fully saturated rings. The van der Waals surface area contributed by atoms with Crippen LogP contribution >= 0.6 is 15.9 Å². The molecule has 0 radical (unpaired) electrons. The molecule has 0 bridgehead atoms. The molecule has 106 valence electrons. The normalized spacial score (nSPS) is 10.7. The first kappa shape index (κ1) is 13.6. The standard InChI is InChI=1S/C14H13BrN6/c15-10-3-1-9(2-4-10)8-21-14(18-19-20-21)12-6-5-11(16)7-13(12)17/h1-7H,8,16-17H2. The molecule has 0 unspecified atom stereocenters. The molecule has 0 aliphatic rings. The molecular formula is C14H13BrN6. The number of nitrogens with two attached hydrogens (primary N) is 2. The number of hydrogen-bond donors (Lipinski definition) is 2. The fourth-order valence-corrected chi connectivity index (χ4v) is 2.32. The molecule has 3 rings (SSSR count). The fraction of sp³-hybridized carbons (Fsp3) is 0.0714. The number of rotatable bonds is 3. The van der Waals surface area contributed by atoms with Crippen molar-refractivity contribution in [1.29, 1.82) is 0 Å². The SMILES string of the molecule is Nc1ccc(-c2nnnn2Cc2ccc(Br)cc2)c(N)c1. The number of tetrazole rings is 1. The molecule has 1 heterocycles. The molecule has 0 aliphatic carbocycles. The van der Waals surface area contributed by atoms with E-state index >= 15 is 0 Å². The predicted molar refractivity (Wildman–Crippen MR) is 85.3 cm³/mol. The molecule has 7 heteroatoms. The van der Waals surface area contributed by atoms with E-state index in [1.807, 2.05) is 30.3 Å². The van der Waals surface area contributed by atoms with E-state index in [1.54, 1.807) is 16.8 Å². The van der Waals surface area contributed by atoms with Crippen molar-refractivity contribution in [3.05, 3.63) is 52.5 Å². The van der Waals surface area contributed by atoms with E-state index in [9.17, 15) is 0 Å². The Labute approximate surface area is 129 Å². The van der Waals surface area contributed by atoms with Gasteiger partial charge >= 0.3 is 0 Å². The Balaban J connectivity index is 1.95. The third kappa shape index (κ3) is 2.87. The Morgan fingerprint density at radius 3 is 2.52 bits per heavy atom. The highest BCUT2D eigenvalue weighted by atomic mass is 79.9. The average Bonchev–Trinajstić information content (AvgIpc) is 2.89. The fourth-order valence-electron chi connectivity index (χ4n) is 2.05. The van der Waals surface area contributed by atoms with Gasteiger partial charge in [-0.3, -0.25) is 0 Å². The topological polar surface area (TPSA) is 95.6 Å². The van der Waals surface area contributed by atoms with E-state index in [0.29, 0.717) is 23.7 Å². The van der Waals surface area contributed by atoms with Crippen LogP contribution in [0.4, 0.5) is 11.4 Å². The Morgan fingerprint density at radius 2 is 1.81 bits per heavy atom. The van der Waals surface area contributed by atoms with Crippen molar-refractivity contribution in [3.8, 4) is 11.4 Å². The zero-order valence-corrected chi connectivity index (χ0v) is 12.7. The van der Waals surface area contributed by atoms with E-state index in [2.05, 4.69) is 31.5 Å². The molecule has 0 atom stereocenters. The number of hydrogen-bond acceptors (Lipinski definition) is 5. The maximum absolute atomic E-state index is 6.00. The van der Waals surface area contributed by atoms with Gasteiger partial charge in [-0.15, -0.1) is 5.10 Å². The number of halogens is 1. The summed E-state index contributed by atoms with van der Waals surface area (Å²) in [6.45, 7) is 0.569. The second-order valence-electron chi connectivity index (χ2n) is 4.63. The van der Waals surface area contributed by atoms with E-state index in [-0.39, 0.29) is 0 Å². The smallest absolute Gasteiger partial charge is 0.184 e. The summed E-state index contributed by atoms with van der Waals surface area (Å²) in [4.78, 5) is 0. The summed E-state index contributed by atoms with van der Waals surface area (Å²) in [7, 11) is 0. The minimum atomic E-state index is 0.557. The number of nitrogen functional groups attached to an aromatic ring is 2. The summed E-state index contributed by atoms with van der Waals surface area (Å²) < 4.78 is 2.75. The van der Waals surface area contributed by atoms with Gasteiger partial charge in [-0.25, -0.2) is 4.68 Å². The van der Waals surface area contributed by atoms with Gasteiger partial charge in [0.15, 0.2) is 5.82 Å². The van der Waals surface area contributed by atoms with Crippen LogP contribution in [-0.2, 0) is 6.54 Å². The van der Waals surface area contributed by atoms with Crippen LogP contribution in [0.5, 0.6) is 0 Å². The van der Waals surface area contributed by atoms with Crippen molar-refractivity contribution in [2.45, 2.75) is 6.54 Å². The van der Waals surface area contributed by atoms with Gasteiger partial charge in [0.2, 0.25) is 0 Å². The van der Waals surface area contributed by atoms with Crippen LogP contribution in [0, 0.1) is 0 Å². The van der Waals surface area contributed by atoms with Crippen LogP contribution in [-0.4, -0.2) is 20.2 Å². The van der Waals surface area contributed by atoms with Crippen molar-refractivity contribution in [1.82, 2.24) is 20.2 Å². The zero-order valence-electron chi connectivity index (χ0n) is 11.1. The van der Waals surface area contributed by atoms with Crippen LogP contribution in [0.15, 0.2) is 46.9 Å². The summed E-state index contributed by atoms with van der Waals surface area (Å²) in [6, 6.07) is 13.3. The predicted octanol–water partition coefficient (Wildman–Crippen LogP) is 2.32. The third-order valence-corrected chi connectivity index (χ3v) is 3.62. The average molecular weight is 345 g/mol. The molecule has 21 heavy (non-hydrogen) atoms. The van der Waals surface area contributed by atoms with Crippen molar-refractivity contribution in [2.24, 2.45) is 0 Å². The Hall–Kier alpha value is -2.41. The van der Waals surface area contributed by atoms with Crippen LogP contribution < -0.4 is 11.5 Å². The van der Waals surface area contributed by atoms with E-state index in [1.165, 1.54) is 0 Å². The second kappa shape index (κ2) is 5.53. The van der Waals surface area contributed by atoms with Crippen molar-refractivity contribution in [2.75, 3.05) is 11.5 Å². The summed E-state index contributed by atoms with van der Waals surface area (Å²) >= 11 is 3.42. The summed E-state index contributed by atoms with van der Waals surface area (Å²) in [5, 5.41) is 11.8. The minimum absolute atomic E-state index is 0.557. The first-order valence-corrected chi connectivity index (χ1v) is 7.09. The Bertz CT molecular complexity index is 765. The molecule has 1 aromatic heterocycles. The van der Waals surface area contributed by atoms with Crippen LogP contribution in [0.2, 0.25) is 0 Å². The second-order valence-corrected chi connectivity index (χ2v) is 5.55. The van der Waals surface area contributed by atoms with Gasteiger partial charge in [0.05, 0.1) is 6.54 Å². The van der Waals surface area contributed by atoms with E-state index < -0.39 is 0 Å². The van der Waals surface area contributed by atoms with Crippen LogP contribution in [0.3, 0.4) is 0 Å². The maximum Gasteiger partial charge on any atom is 0.184 e. The molecule has 6 nitrogen and oxygen atoms in total. The molecule has 2 aromatic carbocycles. The van der Waals surface area contributed by atoms with Gasteiger partial charge < -0.3 is 11.5 Å². The van der Waals surface area contributed by atoms with Gasteiger partial charge in [0.25, 0.3) is 0 Å². The van der Waals surface area contributed by atoms with Gasteiger partial charge in [-0.1, -0.05) is 28.1 Å². The van der Waals surface area contributed by atoms with Gasteiger partial charge in [-0.05, 0) is 46.3 Å². The molecule has 0 saturated heterocycles. The first-order valence-electron chi connectivity index (χ1n) is 6.29. The number of anilines is 2. The van der Waals surface area contributed by atoms with Crippen molar-refractivity contribution >= 4 is 27.3 Å². The lowest BCUT2D eigenvalue weighted by molar-refractivity contribution is 0.653. The molecule has 0 amide bonds. The summed E-state index contributed by atoms with van der Waals surface area (Å²) in [6.07, 6.45) is 0. The summed E-state index contributed by atoms with van der Waals surface area (Å²) in [5.74, 6) is 0.621. The monoisotopic (exact) mass is 344 g/mol. The van der Waals surface area contributed by atoms with E-state index in [4.69, 9.17) is 11.5 Å². The van der Waals surface area contributed by atoms with Gasteiger partial charge in [0, 0.05) is 21.4 Å². The first-order chi connectivity index (χ1) is 10.1. The molecule has 0 aliphatic heterocycles. The van der Waals surface area contributed by atoms with Crippen molar-refractivity contribution < 1.29 is 0 Å². The van der Waals surface area contributed by atoms with Crippen LogP contribution in [0.1, 0.15) is 5.56 Å². The summed E-state index contributed by atoms with van der Waals surface area (Å²) in [5.41, 5.74) is 14.8. The largest absolute Gasteiger partial charge is 0.399 e. The lowest BCUT2D eigenvalue weighted by atomic mass is 10.1. The van der Waals surface area contributed by atoms with Crippen molar-refractivity contribution in [3.63, 3.8) is 0 Å². The molecule has 4 N–H and O–H groups in total. The zero-order chi connectivity index (χ0) is 14.8. The third-order valence-electron chi connectivity index (χ3n) is 3.09. The number of aromatic nitrogens is 4. The van der Waals surface area contributed by atoms with E-state index in [0.717, 1.165) is 15.6 Å². The lowest BCUT2D eigenvalue weighted by Gasteiger charge is -2.08. The Morgan fingerprint density at radius 1 is 1.05 bits per heavy atom. The van der Waals surface area contributed by atoms with Gasteiger partial charge in [-0.2, -0.15) is 0 Å². The highest BCUT2D eigenvalue weighted by Gasteiger charge is 2.12. The Kier molecular flexibility index (Phi) is 3.57. The molecular weight excluding hydrogens is 332 g/mol. The van der Waals surface area contributed by atoms with Gasteiger partial charge in [0.1, 0.15) is 0 Å². The number of nitrogens with zero attached hydrogens (tertiary/aromatic N) is 4. The maximum atomic E-state index is 6.00.